The Labute approximate surface area is 154 Å². The van der Waals surface area contributed by atoms with E-state index in [9.17, 15) is 27.9 Å². The van der Waals surface area contributed by atoms with Crippen molar-refractivity contribution >= 4 is 11.8 Å². The van der Waals surface area contributed by atoms with Crippen LogP contribution in [0.4, 0.5) is 13.2 Å². The van der Waals surface area contributed by atoms with Crippen molar-refractivity contribution in [2.45, 2.75) is 31.2 Å². The summed E-state index contributed by atoms with van der Waals surface area (Å²) >= 11 is 0. The molecule has 0 spiro atoms. The molecule has 2 aromatic carbocycles. The summed E-state index contributed by atoms with van der Waals surface area (Å²) in [5.41, 5.74) is 5.33. The molecule has 0 aliphatic carbocycles. The van der Waals surface area contributed by atoms with E-state index in [1.54, 1.807) is 0 Å². The van der Waals surface area contributed by atoms with Crippen LogP contribution in [0.3, 0.4) is 0 Å². The zero-order valence-electron chi connectivity index (χ0n) is 14.2. The molecule has 2 atom stereocenters. The maximum absolute atomic E-state index is 12.6. The van der Waals surface area contributed by atoms with Gasteiger partial charge in [0.1, 0.15) is 6.04 Å². The first-order valence-electron chi connectivity index (χ1n) is 8.17. The van der Waals surface area contributed by atoms with Crippen LogP contribution < -0.4 is 11.1 Å². The Balaban J connectivity index is 2.00. The molecule has 5 nitrogen and oxygen atoms in total. The third kappa shape index (κ3) is 5.82. The van der Waals surface area contributed by atoms with Gasteiger partial charge in [0.2, 0.25) is 5.91 Å². The summed E-state index contributed by atoms with van der Waals surface area (Å²) < 4.78 is 37.7. The second-order valence-corrected chi connectivity index (χ2v) is 6.01. The molecular weight excluding hydrogens is 361 g/mol. The normalized spacial score (nSPS) is 13.6. The van der Waals surface area contributed by atoms with Gasteiger partial charge in [-0.2, -0.15) is 13.2 Å². The molecule has 27 heavy (non-hydrogen) atoms. The minimum Gasteiger partial charge on any atom is -0.378 e. The largest absolute Gasteiger partial charge is 0.416 e. The van der Waals surface area contributed by atoms with Crippen LogP contribution >= 0.6 is 0 Å². The lowest BCUT2D eigenvalue weighted by atomic mass is 10.0. The number of hydrogen-bond donors (Lipinski definition) is 3. The quantitative estimate of drug-likeness (QED) is 0.688. The highest BCUT2D eigenvalue weighted by Gasteiger charge is 2.31. The lowest BCUT2D eigenvalue weighted by molar-refractivity contribution is -0.137. The maximum Gasteiger partial charge on any atom is 0.416 e. The number of aliphatic hydroxyl groups is 1. The van der Waals surface area contributed by atoms with Crippen molar-refractivity contribution in [1.82, 2.24) is 5.32 Å². The fourth-order valence-electron chi connectivity index (χ4n) is 2.50. The molecule has 2 aromatic rings. The molecular formula is C19H19F3N2O3. The number of amides is 2. The van der Waals surface area contributed by atoms with E-state index in [4.69, 9.17) is 5.73 Å². The third-order valence-electron chi connectivity index (χ3n) is 4.03. The van der Waals surface area contributed by atoms with E-state index >= 15 is 0 Å². The number of primary amides is 1. The zero-order chi connectivity index (χ0) is 20.0. The van der Waals surface area contributed by atoms with Crippen molar-refractivity contribution in [2.75, 3.05) is 0 Å². The Kier molecular flexibility index (Phi) is 6.57. The number of nitrogens with one attached hydrogen (secondary N) is 1. The van der Waals surface area contributed by atoms with Crippen LogP contribution in [-0.2, 0) is 22.2 Å². The van der Waals surface area contributed by atoms with Gasteiger partial charge in [0.05, 0.1) is 5.56 Å². The van der Waals surface area contributed by atoms with Gasteiger partial charge >= 0.3 is 6.18 Å². The average molecular weight is 380 g/mol. The van der Waals surface area contributed by atoms with E-state index in [0.29, 0.717) is 6.42 Å². The Morgan fingerprint density at radius 3 is 2.15 bits per heavy atom. The smallest absolute Gasteiger partial charge is 0.378 e. The molecule has 0 bridgehead atoms. The van der Waals surface area contributed by atoms with Gasteiger partial charge in [-0.15, -0.1) is 0 Å². The van der Waals surface area contributed by atoms with Crippen LogP contribution in [0.2, 0.25) is 0 Å². The van der Waals surface area contributed by atoms with E-state index in [0.717, 1.165) is 29.8 Å². The summed E-state index contributed by atoms with van der Waals surface area (Å²) in [4.78, 5) is 23.7. The van der Waals surface area contributed by atoms with Crippen molar-refractivity contribution in [2.24, 2.45) is 5.73 Å². The molecule has 0 unspecified atom stereocenters. The SMILES string of the molecule is NC(=O)[C@H](CCc1ccccc1)NC(=O)[C@H](O)c1ccc(C(F)(F)F)cc1. The number of hydrogen-bond acceptors (Lipinski definition) is 3. The van der Waals surface area contributed by atoms with Gasteiger partial charge < -0.3 is 16.2 Å². The summed E-state index contributed by atoms with van der Waals surface area (Å²) in [6, 6.07) is 11.8. The highest BCUT2D eigenvalue weighted by molar-refractivity contribution is 5.89. The lowest BCUT2D eigenvalue weighted by Crippen LogP contribution is -2.46. The number of aryl methyl sites for hydroxylation is 1. The van der Waals surface area contributed by atoms with Gasteiger partial charge in [-0.3, -0.25) is 9.59 Å². The van der Waals surface area contributed by atoms with Gasteiger partial charge in [-0.05, 0) is 36.1 Å². The summed E-state index contributed by atoms with van der Waals surface area (Å²) in [5, 5.41) is 12.4. The molecule has 2 rings (SSSR count). The van der Waals surface area contributed by atoms with E-state index in [-0.39, 0.29) is 12.0 Å². The first-order chi connectivity index (χ1) is 12.7. The standard InChI is InChI=1S/C19H19F3N2O3/c20-19(21,22)14-9-7-13(8-10-14)16(25)18(27)24-15(17(23)26)11-6-12-4-2-1-3-5-12/h1-5,7-10,15-16,25H,6,11H2,(H2,23,26)(H,24,27)/t15-,16+/m0/s1. The monoisotopic (exact) mass is 380 g/mol. The van der Waals surface area contributed by atoms with Crippen molar-refractivity contribution < 1.29 is 27.9 Å². The van der Waals surface area contributed by atoms with E-state index in [1.807, 2.05) is 30.3 Å². The molecule has 2 amide bonds. The number of aliphatic hydroxyl groups excluding tert-OH is 1. The van der Waals surface area contributed by atoms with Crippen LogP contribution in [0.25, 0.3) is 0 Å². The molecule has 0 saturated heterocycles. The first-order valence-corrected chi connectivity index (χ1v) is 8.17. The molecule has 144 valence electrons. The van der Waals surface area contributed by atoms with Crippen LogP contribution in [0.15, 0.2) is 54.6 Å². The minimum atomic E-state index is -4.51. The molecule has 0 aliphatic heterocycles. The van der Waals surface area contributed by atoms with Gasteiger partial charge in [-0.1, -0.05) is 42.5 Å². The number of nitrogens with two attached hydrogens (primary N) is 1. The maximum atomic E-state index is 12.6. The Bertz CT molecular complexity index is 777. The molecule has 0 fully saturated rings. The molecule has 4 N–H and O–H groups in total. The summed E-state index contributed by atoms with van der Waals surface area (Å²) in [5.74, 6) is -1.68. The average Bonchev–Trinajstić information content (AvgIpc) is 2.64. The second-order valence-electron chi connectivity index (χ2n) is 6.01. The number of benzene rings is 2. The molecule has 0 saturated carbocycles. The number of alkyl halides is 3. The molecule has 0 radical (unpaired) electrons. The van der Waals surface area contributed by atoms with Crippen LogP contribution in [0.1, 0.15) is 29.2 Å². The van der Waals surface area contributed by atoms with Gasteiger partial charge in [0.15, 0.2) is 6.10 Å². The van der Waals surface area contributed by atoms with Gasteiger partial charge in [0, 0.05) is 0 Å². The first kappa shape index (κ1) is 20.4. The number of rotatable bonds is 7. The lowest BCUT2D eigenvalue weighted by Gasteiger charge is -2.18. The van der Waals surface area contributed by atoms with E-state index in [2.05, 4.69) is 5.32 Å². The molecule has 0 aliphatic rings. The van der Waals surface area contributed by atoms with Crippen LogP contribution in [0.5, 0.6) is 0 Å². The van der Waals surface area contributed by atoms with Gasteiger partial charge in [-0.25, -0.2) is 0 Å². The summed E-state index contributed by atoms with van der Waals surface area (Å²) in [6.45, 7) is 0. The Morgan fingerprint density at radius 2 is 1.63 bits per heavy atom. The van der Waals surface area contributed by atoms with E-state index < -0.39 is 35.7 Å². The topological polar surface area (TPSA) is 92.4 Å². The Hall–Kier alpha value is -2.87. The number of carbonyl (C=O) groups excluding carboxylic acids is 2. The predicted molar refractivity (Wildman–Crippen MR) is 92.3 cm³/mol. The number of carbonyl (C=O) groups is 2. The zero-order valence-corrected chi connectivity index (χ0v) is 14.2. The third-order valence-corrected chi connectivity index (χ3v) is 4.03. The van der Waals surface area contributed by atoms with Gasteiger partial charge in [0.25, 0.3) is 5.91 Å². The van der Waals surface area contributed by atoms with Crippen molar-refractivity contribution in [3.05, 3.63) is 71.3 Å². The summed E-state index contributed by atoms with van der Waals surface area (Å²) in [6.07, 6.45) is -5.53. The highest BCUT2D eigenvalue weighted by Crippen LogP contribution is 2.30. The van der Waals surface area contributed by atoms with Crippen LogP contribution in [0, 0.1) is 0 Å². The van der Waals surface area contributed by atoms with Crippen LogP contribution in [-0.4, -0.2) is 23.0 Å². The number of halogens is 3. The predicted octanol–water partition coefficient (Wildman–Crippen LogP) is 2.34. The second kappa shape index (κ2) is 8.68. The highest BCUT2D eigenvalue weighted by atomic mass is 19.4. The summed E-state index contributed by atoms with van der Waals surface area (Å²) in [7, 11) is 0. The molecule has 8 heteroatoms. The molecule has 0 heterocycles. The fourth-order valence-corrected chi connectivity index (χ4v) is 2.50. The fraction of sp³-hybridized carbons (Fsp3) is 0.263. The van der Waals surface area contributed by atoms with E-state index in [1.165, 1.54) is 0 Å². The molecule has 0 aromatic heterocycles. The van der Waals surface area contributed by atoms with Crippen molar-refractivity contribution in [3.8, 4) is 0 Å². The van der Waals surface area contributed by atoms with Crippen molar-refractivity contribution in [1.29, 1.82) is 0 Å². The van der Waals surface area contributed by atoms with Crippen molar-refractivity contribution in [3.63, 3.8) is 0 Å². The Morgan fingerprint density at radius 1 is 1.04 bits per heavy atom. The minimum absolute atomic E-state index is 0.0215.